The van der Waals surface area contributed by atoms with Crippen molar-refractivity contribution in [3.8, 4) is 0 Å². The molecular formula is C12H16N2O4S. The molecule has 7 heteroatoms. The van der Waals surface area contributed by atoms with Gasteiger partial charge in [0.2, 0.25) is 0 Å². The number of carbonyl (C=O) groups excluding carboxylic acids is 1. The Morgan fingerprint density at radius 2 is 2.16 bits per heavy atom. The standard InChI is InChI=1S/C12H16N2O4S/c1-19-9-4-2-3-8(7-9)13-12(18)14-10(5-6-15)11(16)17/h2-4,7,10,15H,5-6H2,1H3,(H,16,17)(H2,13,14,18)/t10-/m0/s1. The zero-order valence-corrected chi connectivity index (χ0v) is 11.2. The summed E-state index contributed by atoms with van der Waals surface area (Å²) in [6.07, 6.45) is 1.88. The Bertz CT molecular complexity index is 453. The molecule has 0 spiro atoms. The molecule has 0 aliphatic rings. The highest BCUT2D eigenvalue weighted by atomic mass is 32.2. The van der Waals surface area contributed by atoms with Gasteiger partial charge in [0, 0.05) is 23.6 Å². The molecule has 6 nitrogen and oxygen atoms in total. The first kappa shape index (κ1) is 15.3. The SMILES string of the molecule is CSc1cccc(NC(=O)N[C@@H](CCO)C(=O)O)c1. The third-order valence-electron chi connectivity index (χ3n) is 2.35. The summed E-state index contributed by atoms with van der Waals surface area (Å²) in [6, 6.07) is 5.48. The molecule has 0 unspecified atom stereocenters. The number of benzene rings is 1. The van der Waals surface area contributed by atoms with Crippen molar-refractivity contribution in [1.29, 1.82) is 0 Å². The molecule has 2 amide bonds. The molecule has 19 heavy (non-hydrogen) atoms. The first-order valence-electron chi connectivity index (χ1n) is 5.62. The zero-order valence-electron chi connectivity index (χ0n) is 10.4. The number of carboxylic acid groups (broad SMARTS) is 1. The first-order chi connectivity index (χ1) is 9.06. The Hall–Kier alpha value is -1.73. The van der Waals surface area contributed by atoms with Crippen molar-refractivity contribution in [2.45, 2.75) is 17.4 Å². The van der Waals surface area contributed by atoms with Gasteiger partial charge in [0.15, 0.2) is 0 Å². The molecule has 1 rings (SSSR count). The van der Waals surface area contributed by atoms with Crippen LogP contribution in [-0.2, 0) is 4.79 Å². The molecular weight excluding hydrogens is 268 g/mol. The first-order valence-corrected chi connectivity index (χ1v) is 6.84. The van der Waals surface area contributed by atoms with Crippen LogP contribution in [0.25, 0.3) is 0 Å². The lowest BCUT2D eigenvalue weighted by Gasteiger charge is -2.14. The fraction of sp³-hybridized carbons (Fsp3) is 0.333. The number of hydrogen-bond acceptors (Lipinski definition) is 4. The zero-order chi connectivity index (χ0) is 14.3. The molecule has 1 atom stereocenters. The maximum absolute atomic E-state index is 11.6. The Labute approximate surface area is 115 Å². The smallest absolute Gasteiger partial charge is 0.326 e. The Balaban J connectivity index is 2.60. The monoisotopic (exact) mass is 284 g/mol. The van der Waals surface area contributed by atoms with Crippen molar-refractivity contribution in [2.75, 3.05) is 18.2 Å². The van der Waals surface area contributed by atoms with Crippen LogP contribution in [0.15, 0.2) is 29.2 Å². The molecule has 0 bridgehead atoms. The summed E-state index contributed by atoms with van der Waals surface area (Å²) < 4.78 is 0. The molecule has 0 aromatic heterocycles. The lowest BCUT2D eigenvalue weighted by Crippen LogP contribution is -2.43. The van der Waals surface area contributed by atoms with E-state index in [-0.39, 0.29) is 13.0 Å². The average molecular weight is 284 g/mol. The molecule has 0 radical (unpaired) electrons. The summed E-state index contributed by atoms with van der Waals surface area (Å²) in [6.45, 7) is -0.306. The van der Waals surface area contributed by atoms with Crippen LogP contribution in [0, 0.1) is 0 Å². The number of carbonyl (C=O) groups is 2. The Kier molecular flexibility index (Phi) is 6.17. The van der Waals surface area contributed by atoms with Gasteiger partial charge in [-0.2, -0.15) is 0 Å². The van der Waals surface area contributed by atoms with Crippen LogP contribution < -0.4 is 10.6 Å². The second kappa shape index (κ2) is 7.65. The second-order valence-corrected chi connectivity index (χ2v) is 4.61. The van der Waals surface area contributed by atoms with Crippen LogP contribution >= 0.6 is 11.8 Å². The van der Waals surface area contributed by atoms with Gasteiger partial charge in [0.1, 0.15) is 6.04 Å². The fourth-order valence-electron chi connectivity index (χ4n) is 1.41. The Morgan fingerprint density at radius 1 is 1.42 bits per heavy atom. The molecule has 4 N–H and O–H groups in total. The molecule has 1 aromatic carbocycles. The third-order valence-corrected chi connectivity index (χ3v) is 3.07. The molecule has 0 fully saturated rings. The summed E-state index contributed by atoms with van der Waals surface area (Å²) in [5.74, 6) is -1.18. The third kappa shape index (κ3) is 5.19. The number of amides is 2. The minimum Gasteiger partial charge on any atom is -0.480 e. The average Bonchev–Trinajstić information content (AvgIpc) is 2.38. The van der Waals surface area contributed by atoms with Crippen molar-refractivity contribution < 1.29 is 19.8 Å². The highest BCUT2D eigenvalue weighted by Crippen LogP contribution is 2.18. The van der Waals surface area contributed by atoms with Gasteiger partial charge >= 0.3 is 12.0 Å². The summed E-state index contributed by atoms with van der Waals surface area (Å²) in [5, 5.41) is 22.4. The van der Waals surface area contributed by atoms with Crippen LogP contribution in [0.3, 0.4) is 0 Å². The fourth-order valence-corrected chi connectivity index (χ4v) is 1.87. The van der Waals surface area contributed by atoms with Gasteiger partial charge in [-0.15, -0.1) is 11.8 Å². The summed E-state index contributed by atoms with van der Waals surface area (Å²) in [4.78, 5) is 23.4. The predicted molar refractivity (Wildman–Crippen MR) is 73.5 cm³/mol. The summed E-state index contributed by atoms with van der Waals surface area (Å²) in [5.41, 5.74) is 0.581. The van der Waals surface area contributed by atoms with E-state index in [1.165, 1.54) is 11.8 Å². The highest BCUT2D eigenvalue weighted by Gasteiger charge is 2.19. The quantitative estimate of drug-likeness (QED) is 0.591. The number of aliphatic hydroxyl groups excluding tert-OH is 1. The number of rotatable bonds is 6. The summed E-state index contributed by atoms with van der Waals surface area (Å²) in [7, 11) is 0. The molecule has 0 saturated carbocycles. The number of carboxylic acids is 1. The van der Waals surface area contributed by atoms with Crippen LogP contribution in [-0.4, -0.2) is 41.1 Å². The van der Waals surface area contributed by atoms with Gasteiger partial charge in [-0.3, -0.25) is 0 Å². The van der Waals surface area contributed by atoms with E-state index in [1.54, 1.807) is 18.2 Å². The topological polar surface area (TPSA) is 98.7 Å². The van der Waals surface area contributed by atoms with E-state index in [9.17, 15) is 9.59 Å². The highest BCUT2D eigenvalue weighted by molar-refractivity contribution is 7.98. The van der Waals surface area contributed by atoms with Crippen molar-refractivity contribution >= 4 is 29.4 Å². The molecule has 104 valence electrons. The molecule has 0 heterocycles. The van der Waals surface area contributed by atoms with Gasteiger partial charge in [-0.1, -0.05) is 6.07 Å². The van der Waals surface area contributed by atoms with E-state index < -0.39 is 18.0 Å². The second-order valence-electron chi connectivity index (χ2n) is 3.73. The van der Waals surface area contributed by atoms with Gasteiger partial charge < -0.3 is 20.8 Å². The van der Waals surface area contributed by atoms with E-state index in [4.69, 9.17) is 10.2 Å². The van der Waals surface area contributed by atoms with E-state index >= 15 is 0 Å². The number of thioether (sulfide) groups is 1. The maximum Gasteiger partial charge on any atom is 0.326 e. The minimum atomic E-state index is -1.18. The van der Waals surface area contributed by atoms with Gasteiger partial charge in [0.05, 0.1) is 0 Å². The van der Waals surface area contributed by atoms with Crippen molar-refractivity contribution in [1.82, 2.24) is 5.32 Å². The number of hydrogen-bond donors (Lipinski definition) is 4. The molecule has 0 aliphatic carbocycles. The molecule has 0 saturated heterocycles. The Morgan fingerprint density at radius 3 is 2.74 bits per heavy atom. The normalized spacial score (nSPS) is 11.7. The van der Waals surface area contributed by atoms with E-state index in [0.717, 1.165) is 4.90 Å². The van der Waals surface area contributed by atoms with Crippen molar-refractivity contribution in [2.24, 2.45) is 0 Å². The van der Waals surface area contributed by atoms with E-state index in [2.05, 4.69) is 10.6 Å². The number of urea groups is 1. The van der Waals surface area contributed by atoms with Gasteiger partial charge in [-0.25, -0.2) is 9.59 Å². The largest absolute Gasteiger partial charge is 0.480 e. The van der Waals surface area contributed by atoms with Crippen LogP contribution in [0.4, 0.5) is 10.5 Å². The van der Waals surface area contributed by atoms with Gasteiger partial charge in [-0.05, 0) is 24.5 Å². The number of aliphatic hydroxyl groups is 1. The molecule has 1 aromatic rings. The van der Waals surface area contributed by atoms with Crippen LogP contribution in [0.1, 0.15) is 6.42 Å². The van der Waals surface area contributed by atoms with Crippen LogP contribution in [0.5, 0.6) is 0 Å². The maximum atomic E-state index is 11.6. The van der Waals surface area contributed by atoms with Crippen molar-refractivity contribution in [3.63, 3.8) is 0 Å². The minimum absolute atomic E-state index is 0.0341. The number of anilines is 1. The lowest BCUT2D eigenvalue weighted by molar-refractivity contribution is -0.139. The predicted octanol–water partition coefficient (Wildman–Crippen LogP) is 1.37. The summed E-state index contributed by atoms with van der Waals surface area (Å²) >= 11 is 1.54. The number of aliphatic carboxylic acids is 1. The van der Waals surface area contributed by atoms with Crippen molar-refractivity contribution in [3.05, 3.63) is 24.3 Å². The molecule has 0 aliphatic heterocycles. The lowest BCUT2D eigenvalue weighted by atomic mass is 10.2. The van der Waals surface area contributed by atoms with Crippen LogP contribution in [0.2, 0.25) is 0 Å². The van der Waals surface area contributed by atoms with Gasteiger partial charge in [0.25, 0.3) is 0 Å². The van der Waals surface area contributed by atoms with E-state index in [1.807, 2.05) is 12.3 Å². The van der Waals surface area contributed by atoms with E-state index in [0.29, 0.717) is 5.69 Å². The number of nitrogens with one attached hydrogen (secondary N) is 2.